The Morgan fingerprint density at radius 3 is 2.42 bits per heavy atom. The number of rotatable bonds is 6. The highest BCUT2D eigenvalue weighted by atomic mass is 32.2. The molecule has 7 heteroatoms. The van der Waals surface area contributed by atoms with Crippen LogP contribution in [0, 0.1) is 5.41 Å². The van der Waals surface area contributed by atoms with Gasteiger partial charge >= 0.3 is 0 Å². The molecule has 0 unspecified atom stereocenters. The fraction of sp³-hybridized carbons (Fsp3) is 0.632. The van der Waals surface area contributed by atoms with Crippen LogP contribution in [0.1, 0.15) is 53.4 Å². The Labute approximate surface area is 157 Å². The van der Waals surface area contributed by atoms with Gasteiger partial charge < -0.3 is 10.1 Å². The molecule has 0 aliphatic carbocycles. The summed E-state index contributed by atoms with van der Waals surface area (Å²) in [6.07, 6.45) is 3.15. The molecule has 1 aromatic rings. The van der Waals surface area contributed by atoms with Gasteiger partial charge in [0.1, 0.15) is 5.75 Å². The van der Waals surface area contributed by atoms with Crippen LogP contribution in [0.15, 0.2) is 23.1 Å². The van der Waals surface area contributed by atoms with Crippen molar-refractivity contribution >= 4 is 21.6 Å². The Morgan fingerprint density at radius 2 is 1.85 bits per heavy atom. The molecular weight excluding hydrogens is 352 g/mol. The minimum atomic E-state index is -3.56. The fourth-order valence-electron chi connectivity index (χ4n) is 2.98. The Hall–Kier alpha value is -1.60. The van der Waals surface area contributed by atoms with E-state index in [1.165, 1.54) is 10.4 Å². The third-order valence-corrected chi connectivity index (χ3v) is 6.06. The lowest BCUT2D eigenvalue weighted by Crippen LogP contribution is -2.35. The number of sulfonamides is 1. The zero-order chi connectivity index (χ0) is 19.4. The van der Waals surface area contributed by atoms with Crippen molar-refractivity contribution in [2.45, 2.75) is 58.3 Å². The summed E-state index contributed by atoms with van der Waals surface area (Å²) in [5.41, 5.74) is 0.243. The molecule has 146 valence electrons. The molecule has 0 saturated carbocycles. The fourth-order valence-corrected chi connectivity index (χ4v) is 4.52. The second-order valence-electron chi connectivity index (χ2n) is 7.84. The van der Waals surface area contributed by atoms with E-state index < -0.39 is 10.0 Å². The number of carbonyl (C=O) groups excluding carboxylic acids is 1. The van der Waals surface area contributed by atoms with Crippen LogP contribution in [0.3, 0.4) is 0 Å². The van der Waals surface area contributed by atoms with E-state index in [4.69, 9.17) is 4.74 Å². The SMILES string of the molecule is CCOc1ccc(S(=O)(=O)N2CCCCC2)cc1NC(=O)CC(C)(C)C. The van der Waals surface area contributed by atoms with Gasteiger partial charge in [0, 0.05) is 19.5 Å². The molecule has 1 aromatic carbocycles. The predicted octanol–water partition coefficient (Wildman–Crippen LogP) is 3.63. The van der Waals surface area contributed by atoms with Crippen LogP contribution in [-0.4, -0.2) is 38.3 Å². The molecule has 1 fully saturated rings. The Kier molecular flexibility index (Phi) is 6.69. The highest BCUT2D eigenvalue weighted by Gasteiger charge is 2.27. The zero-order valence-corrected chi connectivity index (χ0v) is 17.0. The van der Waals surface area contributed by atoms with Crippen LogP contribution in [0.2, 0.25) is 0 Å². The van der Waals surface area contributed by atoms with Crippen LogP contribution in [0.25, 0.3) is 0 Å². The number of amides is 1. The van der Waals surface area contributed by atoms with Crippen molar-refractivity contribution in [2.24, 2.45) is 5.41 Å². The number of hydrogen-bond donors (Lipinski definition) is 1. The van der Waals surface area contributed by atoms with Gasteiger partial charge in [0.05, 0.1) is 17.2 Å². The predicted molar refractivity (Wildman–Crippen MR) is 103 cm³/mol. The second kappa shape index (κ2) is 8.39. The largest absolute Gasteiger partial charge is 0.492 e. The lowest BCUT2D eigenvalue weighted by Gasteiger charge is -2.26. The maximum absolute atomic E-state index is 12.9. The maximum atomic E-state index is 12.9. The van der Waals surface area contributed by atoms with Crippen molar-refractivity contribution in [1.29, 1.82) is 0 Å². The minimum absolute atomic E-state index is 0.159. The summed E-state index contributed by atoms with van der Waals surface area (Å²) in [4.78, 5) is 12.5. The number of ether oxygens (including phenoxy) is 1. The van der Waals surface area contributed by atoms with E-state index in [0.29, 0.717) is 37.6 Å². The number of piperidine rings is 1. The second-order valence-corrected chi connectivity index (χ2v) is 9.78. The van der Waals surface area contributed by atoms with Gasteiger partial charge in [0.25, 0.3) is 0 Å². The van der Waals surface area contributed by atoms with Crippen LogP contribution in [-0.2, 0) is 14.8 Å². The molecule has 6 nitrogen and oxygen atoms in total. The highest BCUT2D eigenvalue weighted by Crippen LogP contribution is 2.31. The standard InChI is InChI=1S/C19H30N2O4S/c1-5-25-17-10-9-15(26(23,24)21-11-7-6-8-12-21)13-16(17)20-18(22)14-19(2,3)4/h9-10,13H,5-8,11-12,14H2,1-4H3,(H,20,22). The first-order chi connectivity index (χ1) is 12.1. The number of nitrogens with one attached hydrogen (secondary N) is 1. The Balaban J connectivity index is 2.30. The summed E-state index contributed by atoms with van der Waals surface area (Å²) in [6.45, 7) is 9.30. The van der Waals surface area contributed by atoms with E-state index in [9.17, 15) is 13.2 Å². The molecular formula is C19H30N2O4S. The third-order valence-electron chi connectivity index (χ3n) is 4.17. The topological polar surface area (TPSA) is 75.7 Å². The molecule has 1 heterocycles. The van der Waals surface area contributed by atoms with Gasteiger partial charge in [0.2, 0.25) is 15.9 Å². The monoisotopic (exact) mass is 382 g/mol. The molecule has 0 atom stereocenters. The summed E-state index contributed by atoms with van der Waals surface area (Å²) >= 11 is 0. The van der Waals surface area contributed by atoms with E-state index in [1.807, 2.05) is 27.7 Å². The number of nitrogens with zero attached hydrogens (tertiary/aromatic N) is 1. The molecule has 1 aliphatic rings. The summed E-state index contributed by atoms with van der Waals surface area (Å²) in [5, 5.41) is 2.82. The van der Waals surface area contributed by atoms with Crippen molar-refractivity contribution < 1.29 is 17.9 Å². The van der Waals surface area contributed by atoms with Gasteiger partial charge in [-0.15, -0.1) is 0 Å². The van der Waals surface area contributed by atoms with Crippen LogP contribution in [0.4, 0.5) is 5.69 Å². The van der Waals surface area contributed by atoms with E-state index in [-0.39, 0.29) is 16.2 Å². The summed E-state index contributed by atoms with van der Waals surface area (Å²) in [7, 11) is -3.56. The van der Waals surface area contributed by atoms with Gasteiger partial charge in [-0.2, -0.15) is 4.31 Å². The van der Waals surface area contributed by atoms with Gasteiger partial charge in [-0.25, -0.2) is 8.42 Å². The van der Waals surface area contributed by atoms with Crippen molar-refractivity contribution in [3.63, 3.8) is 0 Å². The number of anilines is 1. The first-order valence-corrected chi connectivity index (χ1v) is 10.6. The average Bonchev–Trinajstić information content (AvgIpc) is 2.55. The molecule has 0 aromatic heterocycles. The van der Waals surface area contributed by atoms with Gasteiger partial charge in [-0.3, -0.25) is 4.79 Å². The number of hydrogen-bond acceptors (Lipinski definition) is 4. The first kappa shape index (κ1) is 20.7. The van der Waals surface area contributed by atoms with Crippen molar-refractivity contribution in [1.82, 2.24) is 4.31 Å². The van der Waals surface area contributed by atoms with E-state index in [2.05, 4.69) is 5.32 Å². The van der Waals surface area contributed by atoms with Gasteiger partial charge in [-0.1, -0.05) is 27.2 Å². The molecule has 0 bridgehead atoms. The molecule has 1 saturated heterocycles. The van der Waals surface area contributed by atoms with Crippen LogP contribution < -0.4 is 10.1 Å². The lowest BCUT2D eigenvalue weighted by molar-refractivity contribution is -0.117. The quantitative estimate of drug-likeness (QED) is 0.815. The van der Waals surface area contributed by atoms with E-state index in [1.54, 1.807) is 12.1 Å². The van der Waals surface area contributed by atoms with Gasteiger partial charge in [-0.05, 0) is 43.4 Å². The smallest absolute Gasteiger partial charge is 0.243 e. The first-order valence-electron chi connectivity index (χ1n) is 9.20. The Bertz CT molecular complexity index is 732. The maximum Gasteiger partial charge on any atom is 0.243 e. The summed E-state index contributed by atoms with van der Waals surface area (Å²) in [6, 6.07) is 4.68. The molecule has 0 radical (unpaired) electrons. The third kappa shape index (κ3) is 5.45. The molecule has 1 aliphatic heterocycles. The molecule has 1 N–H and O–H groups in total. The highest BCUT2D eigenvalue weighted by molar-refractivity contribution is 7.89. The van der Waals surface area contributed by atoms with E-state index in [0.717, 1.165) is 19.3 Å². The Morgan fingerprint density at radius 1 is 1.19 bits per heavy atom. The summed E-state index contributed by atoms with van der Waals surface area (Å²) in [5.74, 6) is 0.318. The van der Waals surface area contributed by atoms with Crippen LogP contribution in [0.5, 0.6) is 5.75 Å². The summed E-state index contributed by atoms with van der Waals surface area (Å²) < 4.78 is 32.9. The lowest BCUT2D eigenvalue weighted by atomic mass is 9.92. The normalized spacial score (nSPS) is 16.3. The van der Waals surface area contributed by atoms with Crippen molar-refractivity contribution in [3.05, 3.63) is 18.2 Å². The number of benzene rings is 1. The average molecular weight is 383 g/mol. The molecule has 0 spiro atoms. The molecule has 26 heavy (non-hydrogen) atoms. The molecule has 1 amide bonds. The van der Waals surface area contributed by atoms with Gasteiger partial charge in [0.15, 0.2) is 0 Å². The zero-order valence-electron chi connectivity index (χ0n) is 16.2. The van der Waals surface area contributed by atoms with Crippen molar-refractivity contribution in [2.75, 3.05) is 25.0 Å². The van der Waals surface area contributed by atoms with E-state index >= 15 is 0 Å². The minimum Gasteiger partial charge on any atom is -0.492 e. The molecule has 2 rings (SSSR count). The van der Waals surface area contributed by atoms with Crippen molar-refractivity contribution in [3.8, 4) is 5.75 Å². The number of carbonyl (C=O) groups is 1. The van der Waals surface area contributed by atoms with Crippen LogP contribution >= 0.6 is 0 Å².